The highest BCUT2D eigenvalue weighted by Gasteiger charge is 2.15. The molecular formula is C20H22ClFN2O3. The molecule has 144 valence electrons. The fourth-order valence-corrected chi connectivity index (χ4v) is 2.84. The maximum atomic E-state index is 13.3. The van der Waals surface area contributed by atoms with E-state index in [-0.39, 0.29) is 29.8 Å². The molecule has 0 heterocycles. The van der Waals surface area contributed by atoms with Crippen molar-refractivity contribution in [1.82, 2.24) is 5.32 Å². The first-order valence-corrected chi connectivity index (χ1v) is 8.92. The number of carbonyl (C=O) groups is 2. The molecule has 2 rings (SSSR count). The van der Waals surface area contributed by atoms with Gasteiger partial charge >= 0.3 is 0 Å². The van der Waals surface area contributed by atoms with Gasteiger partial charge in [0.05, 0.1) is 12.1 Å². The van der Waals surface area contributed by atoms with Crippen LogP contribution in [0.4, 0.5) is 10.1 Å². The zero-order valence-corrected chi connectivity index (χ0v) is 16.1. The molecule has 0 radical (unpaired) electrons. The van der Waals surface area contributed by atoms with E-state index in [4.69, 9.17) is 16.3 Å². The largest absolute Gasteiger partial charge is 0.496 e. The maximum absolute atomic E-state index is 13.3. The predicted octanol–water partition coefficient (Wildman–Crippen LogP) is 3.59. The van der Waals surface area contributed by atoms with Crippen LogP contribution >= 0.6 is 11.6 Å². The van der Waals surface area contributed by atoms with Crippen LogP contribution in [-0.4, -0.2) is 32.0 Å². The molecule has 0 aliphatic carbocycles. The summed E-state index contributed by atoms with van der Waals surface area (Å²) in [6.07, 6.45) is 0.764. The zero-order valence-electron chi connectivity index (χ0n) is 15.3. The molecule has 27 heavy (non-hydrogen) atoms. The number of carbonyl (C=O) groups excluding carboxylic acids is 2. The van der Waals surface area contributed by atoms with Gasteiger partial charge in [0, 0.05) is 32.1 Å². The third kappa shape index (κ3) is 5.96. The summed E-state index contributed by atoms with van der Waals surface area (Å²) < 4.78 is 18.6. The van der Waals surface area contributed by atoms with Gasteiger partial charge in [-0.05, 0) is 36.2 Å². The van der Waals surface area contributed by atoms with E-state index in [1.165, 1.54) is 30.0 Å². The van der Waals surface area contributed by atoms with Crippen LogP contribution in [0.2, 0.25) is 5.02 Å². The molecule has 0 fully saturated rings. The van der Waals surface area contributed by atoms with E-state index >= 15 is 0 Å². The van der Waals surface area contributed by atoms with Crippen molar-refractivity contribution >= 4 is 29.1 Å². The number of nitrogens with one attached hydrogen (secondary N) is 1. The summed E-state index contributed by atoms with van der Waals surface area (Å²) in [5.41, 5.74) is 1.46. The minimum absolute atomic E-state index is 0.0694. The Morgan fingerprint density at radius 1 is 1.22 bits per heavy atom. The van der Waals surface area contributed by atoms with Crippen LogP contribution < -0.4 is 15.0 Å². The Hall–Kier alpha value is -2.60. The lowest BCUT2D eigenvalue weighted by Gasteiger charge is -2.21. The summed E-state index contributed by atoms with van der Waals surface area (Å²) in [7, 11) is 1.61. The number of halogens is 2. The van der Waals surface area contributed by atoms with E-state index in [1.54, 1.807) is 7.11 Å². The van der Waals surface area contributed by atoms with Crippen molar-refractivity contribution in [3.05, 3.63) is 58.9 Å². The minimum atomic E-state index is -0.557. The molecular weight excluding hydrogens is 371 g/mol. The van der Waals surface area contributed by atoms with Crippen LogP contribution in [0.1, 0.15) is 18.9 Å². The summed E-state index contributed by atoms with van der Waals surface area (Å²) in [6.45, 7) is 2.02. The maximum Gasteiger partial charge on any atom is 0.223 e. The van der Waals surface area contributed by atoms with E-state index in [9.17, 15) is 14.0 Å². The third-order valence-corrected chi connectivity index (χ3v) is 4.36. The fraction of sp³-hybridized carbons (Fsp3) is 0.300. The number of benzene rings is 2. The van der Waals surface area contributed by atoms with Crippen molar-refractivity contribution in [3.63, 3.8) is 0 Å². The molecule has 2 aromatic carbocycles. The smallest absolute Gasteiger partial charge is 0.223 e. The number of rotatable bonds is 8. The van der Waals surface area contributed by atoms with E-state index in [0.717, 1.165) is 11.3 Å². The highest BCUT2D eigenvalue weighted by atomic mass is 35.5. The van der Waals surface area contributed by atoms with Crippen LogP contribution in [0.25, 0.3) is 0 Å². The summed E-state index contributed by atoms with van der Waals surface area (Å²) in [6, 6.07) is 11.6. The van der Waals surface area contributed by atoms with E-state index in [2.05, 4.69) is 5.32 Å². The number of hydrogen-bond acceptors (Lipinski definition) is 3. The molecule has 0 aliphatic heterocycles. The summed E-state index contributed by atoms with van der Waals surface area (Å²) in [4.78, 5) is 25.4. The molecule has 5 nitrogen and oxygen atoms in total. The van der Waals surface area contributed by atoms with Crippen LogP contribution in [0.15, 0.2) is 42.5 Å². The second-order valence-electron chi connectivity index (χ2n) is 5.93. The van der Waals surface area contributed by atoms with Crippen LogP contribution in [0.5, 0.6) is 5.75 Å². The Kier molecular flexibility index (Phi) is 7.61. The molecule has 0 unspecified atom stereocenters. The van der Waals surface area contributed by atoms with Gasteiger partial charge in [-0.25, -0.2) is 4.39 Å². The van der Waals surface area contributed by atoms with E-state index in [0.29, 0.717) is 18.7 Å². The fourth-order valence-electron chi connectivity index (χ4n) is 2.67. The second-order valence-corrected chi connectivity index (χ2v) is 6.34. The monoisotopic (exact) mass is 392 g/mol. The molecule has 0 saturated carbocycles. The number of amides is 2. The van der Waals surface area contributed by atoms with Crippen LogP contribution in [0.3, 0.4) is 0 Å². The van der Waals surface area contributed by atoms with Gasteiger partial charge in [-0.15, -0.1) is 0 Å². The lowest BCUT2D eigenvalue weighted by Crippen LogP contribution is -2.34. The number of hydrogen-bond donors (Lipinski definition) is 1. The molecule has 0 aromatic heterocycles. The first-order valence-electron chi connectivity index (χ1n) is 8.54. The summed E-state index contributed by atoms with van der Waals surface area (Å²) in [5.74, 6) is -0.204. The number of anilines is 1. The van der Waals surface area contributed by atoms with Crippen molar-refractivity contribution in [2.24, 2.45) is 0 Å². The Morgan fingerprint density at radius 3 is 2.63 bits per heavy atom. The molecule has 2 amide bonds. The molecule has 0 aliphatic rings. The highest BCUT2D eigenvalue weighted by molar-refractivity contribution is 6.31. The first-order chi connectivity index (χ1) is 12.9. The first kappa shape index (κ1) is 20.7. The van der Waals surface area contributed by atoms with Crippen LogP contribution in [0, 0.1) is 5.82 Å². The Labute approximate surface area is 163 Å². The van der Waals surface area contributed by atoms with E-state index in [1.807, 2.05) is 24.3 Å². The predicted molar refractivity (Wildman–Crippen MR) is 104 cm³/mol. The molecule has 0 bridgehead atoms. The molecule has 7 heteroatoms. The minimum Gasteiger partial charge on any atom is -0.496 e. The average Bonchev–Trinajstić information content (AvgIpc) is 2.64. The van der Waals surface area contributed by atoms with Gasteiger partial charge in [0.25, 0.3) is 0 Å². The highest BCUT2D eigenvalue weighted by Crippen LogP contribution is 2.23. The molecule has 0 atom stereocenters. The van der Waals surface area contributed by atoms with Gasteiger partial charge in [-0.2, -0.15) is 0 Å². The van der Waals surface area contributed by atoms with Crippen molar-refractivity contribution in [2.45, 2.75) is 19.8 Å². The summed E-state index contributed by atoms with van der Waals surface area (Å²) >= 11 is 5.77. The zero-order chi connectivity index (χ0) is 19.8. The van der Waals surface area contributed by atoms with Gasteiger partial charge in [0.15, 0.2) is 0 Å². The lowest BCUT2D eigenvalue weighted by atomic mass is 10.1. The Bertz CT molecular complexity index is 814. The van der Waals surface area contributed by atoms with Gasteiger partial charge in [0.2, 0.25) is 11.8 Å². The van der Waals surface area contributed by atoms with Crippen molar-refractivity contribution in [2.75, 3.05) is 25.1 Å². The molecule has 0 saturated heterocycles. The Balaban J connectivity index is 1.87. The topological polar surface area (TPSA) is 58.6 Å². The quantitative estimate of drug-likeness (QED) is 0.746. The standard InChI is InChI=1S/C20H22ClFN2O3/c1-14(25)24(16-7-8-18(22)17(21)13-16)12-10-20(26)23-11-9-15-5-3-4-6-19(15)27-2/h3-8,13H,9-12H2,1-2H3,(H,23,26). The third-order valence-electron chi connectivity index (χ3n) is 4.07. The van der Waals surface area contributed by atoms with Gasteiger partial charge < -0.3 is 15.0 Å². The van der Waals surface area contributed by atoms with Crippen molar-refractivity contribution < 1.29 is 18.7 Å². The van der Waals surface area contributed by atoms with Gasteiger partial charge in [-0.3, -0.25) is 9.59 Å². The van der Waals surface area contributed by atoms with Gasteiger partial charge in [0.1, 0.15) is 11.6 Å². The lowest BCUT2D eigenvalue weighted by molar-refractivity contribution is -0.121. The number of para-hydroxylation sites is 1. The average molecular weight is 393 g/mol. The second kappa shape index (κ2) is 9.92. The number of methoxy groups -OCH3 is 1. The van der Waals surface area contributed by atoms with Crippen molar-refractivity contribution in [1.29, 1.82) is 0 Å². The van der Waals surface area contributed by atoms with Crippen LogP contribution in [-0.2, 0) is 16.0 Å². The molecule has 1 N–H and O–H groups in total. The summed E-state index contributed by atoms with van der Waals surface area (Å²) in [5, 5.41) is 2.76. The Morgan fingerprint density at radius 2 is 1.96 bits per heavy atom. The number of ether oxygens (including phenoxy) is 1. The van der Waals surface area contributed by atoms with Gasteiger partial charge in [-0.1, -0.05) is 29.8 Å². The molecule has 0 spiro atoms. The SMILES string of the molecule is COc1ccccc1CCNC(=O)CCN(C(C)=O)c1ccc(F)c(Cl)c1. The molecule has 2 aromatic rings. The van der Waals surface area contributed by atoms with Crippen molar-refractivity contribution in [3.8, 4) is 5.75 Å². The normalized spacial score (nSPS) is 10.4. The number of nitrogens with zero attached hydrogens (tertiary/aromatic N) is 1. The van der Waals surface area contributed by atoms with E-state index < -0.39 is 5.82 Å².